The number of amides is 1. The van der Waals surface area contributed by atoms with Crippen LogP contribution in [0, 0.1) is 6.92 Å². The summed E-state index contributed by atoms with van der Waals surface area (Å²) in [7, 11) is 0.518. The quantitative estimate of drug-likeness (QED) is 0.841. The first-order valence-electron chi connectivity index (χ1n) is 8.22. The standard InChI is InChI=1S/C19H24N2O4S/c1-6-14-9-7-8-13(2)18(14)20-19(22)15-10-11-16(25-5)17(12-15)26(23,24)21(3)4/h7-12H,6H2,1-5H3,(H,20,22). The minimum Gasteiger partial charge on any atom is -0.495 e. The molecule has 0 bridgehead atoms. The minimum atomic E-state index is -3.74. The van der Waals surface area contributed by atoms with E-state index in [1.165, 1.54) is 33.3 Å². The number of para-hydroxylation sites is 1. The van der Waals surface area contributed by atoms with E-state index in [1.807, 2.05) is 32.0 Å². The SMILES string of the molecule is CCc1cccc(C)c1NC(=O)c1ccc(OC)c(S(=O)(=O)N(C)C)c1. The van der Waals surface area contributed by atoms with Crippen molar-refractivity contribution in [3.05, 3.63) is 53.1 Å². The second-order valence-corrected chi connectivity index (χ2v) is 8.19. The highest BCUT2D eigenvalue weighted by Gasteiger charge is 2.24. The normalized spacial score (nSPS) is 11.5. The highest BCUT2D eigenvalue weighted by molar-refractivity contribution is 7.89. The van der Waals surface area contributed by atoms with Crippen molar-refractivity contribution in [2.75, 3.05) is 26.5 Å². The summed E-state index contributed by atoms with van der Waals surface area (Å²) in [6.45, 7) is 3.93. The number of aryl methyl sites for hydroxylation is 2. The molecule has 0 saturated heterocycles. The molecule has 0 heterocycles. The third kappa shape index (κ3) is 3.89. The van der Waals surface area contributed by atoms with Crippen LogP contribution in [0.3, 0.4) is 0 Å². The Morgan fingerprint density at radius 3 is 2.46 bits per heavy atom. The molecule has 1 amide bonds. The molecular weight excluding hydrogens is 352 g/mol. The van der Waals surface area contributed by atoms with Gasteiger partial charge in [0.2, 0.25) is 10.0 Å². The van der Waals surface area contributed by atoms with Gasteiger partial charge in [0.25, 0.3) is 5.91 Å². The first-order valence-corrected chi connectivity index (χ1v) is 9.66. The maximum Gasteiger partial charge on any atom is 0.255 e. The molecule has 0 saturated carbocycles. The summed E-state index contributed by atoms with van der Waals surface area (Å²) < 4.78 is 31.3. The van der Waals surface area contributed by atoms with Gasteiger partial charge in [-0.1, -0.05) is 25.1 Å². The lowest BCUT2D eigenvalue weighted by Gasteiger charge is -2.16. The molecule has 0 aliphatic heterocycles. The van der Waals surface area contributed by atoms with Crippen LogP contribution in [-0.2, 0) is 16.4 Å². The van der Waals surface area contributed by atoms with Crippen LogP contribution < -0.4 is 10.1 Å². The van der Waals surface area contributed by atoms with Gasteiger partial charge in [-0.15, -0.1) is 0 Å². The highest BCUT2D eigenvalue weighted by atomic mass is 32.2. The van der Waals surface area contributed by atoms with Crippen LogP contribution in [0.25, 0.3) is 0 Å². The molecule has 140 valence electrons. The van der Waals surface area contributed by atoms with Crippen LogP contribution in [0.15, 0.2) is 41.3 Å². The van der Waals surface area contributed by atoms with Crippen LogP contribution in [0.1, 0.15) is 28.4 Å². The zero-order valence-electron chi connectivity index (χ0n) is 15.7. The zero-order valence-corrected chi connectivity index (χ0v) is 16.5. The van der Waals surface area contributed by atoms with Gasteiger partial charge < -0.3 is 10.1 Å². The summed E-state index contributed by atoms with van der Waals surface area (Å²) in [6.07, 6.45) is 0.778. The fourth-order valence-electron chi connectivity index (χ4n) is 2.60. The van der Waals surface area contributed by atoms with Gasteiger partial charge >= 0.3 is 0 Å². The molecule has 0 aromatic heterocycles. The van der Waals surface area contributed by atoms with Gasteiger partial charge in [-0.2, -0.15) is 0 Å². The van der Waals surface area contributed by atoms with E-state index >= 15 is 0 Å². The van der Waals surface area contributed by atoms with Crippen molar-refractivity contribution >= 4 is 21.6 Å². The molecule has 0 aliphatic rings. The molecular formula is C19H24N2O4S. The number of nitrogens with zero attached hydrogens (tertiary/aromatic N) is 1. The average molecular weight is 376 g/mol. The number of methoxy groups -OCH3 is 1. The van der Waals surface area contributed by atoms with E-state index in [9.17, 15) is 13.2 Å². The summed E-state index contributed by atoms with van der Waals surface area (Å²) in [5.74, 6) is -0.174. The molecule has 0 fully saturated rings. The topological polar surface area (TPSA) is 75.7 Å². The van der Waals surface area contributed by atoms with Gasteiger partial charge in [0.05, 0.1) is 7.11 Å². The molecule has 2 aromatic carbocycles. The summed E-state index contributed by atoms with van der Waals surface area (Å²) >= 11 is 0. The van der Waals surface area contributed by atoms with Gasteiger partial charge in [0.1, 0.15) is 10.6 Å². The Balaban J connectivity index is 2.46. The molecule has 2 aromatic rings. The van der Waals surface area contributed by atoms with Crippen molar-refractivity contribution in [1.29, 1.82) is 0 Å². The third-order valence-corrected chi connectivity index (χ3v) is 6.00. The lowest BCUT2D eigenvalue weighted by atomic mass is 10.1. The van der Waals surface area contributed by atoms with Gasteiger partial charge in [-0.05, 0) is 42.7 Å². The number of sulfonamides is 1. The maximum atomic E-state index is 12.7. The Hall–Kier alpha value is -2.38. The Bertz CT molecular complexity index is 921. The summed E-state index contributed by atoms with van der Waals surface area (Å²) in [5, 5.41) is 2.90. The Morgan fingerprint density at radius 2 is 1.88 bits per heavy atom. The average Bonchev–Trinajstić information content (AvgIpc) is 2.62. The summed E-state index contributed by atoms with van der Waals surface area (Å²) in [5.41, 5.74) is 2.98. The molecule has 0 atom stereocenters. The summed E-state index contributed by atoms with van der Waals surface area (Å²) in [6, 6.07) is 10.2. The fraction of sp³-hybridized carbons (Fsp3) is 0.316. The summed E-state index contributed by atoms with van der Waals surface area (Å²) in [4.78, 5) is 12.7. The molecule has 0 radical (unpaired) electrons. The van der Waals surface area contributed by atoms with E-state index in [-0.39, 0.29) is 22.1 Å². The predicted molar refractivity (Wildman–Crippen MR) is 102 cm³/mol. The smallest absolute Gasteiger partial charge is 0.255 e. The van der Waals surface area contributed by atoms with Gasteiger partial charge in [0.15, 0.2) is 0 Å². The Morgan fingerprint density at radius 1 is 1.19 bits per heavy atom. The van der Waals surface area contributed by atoms with E-state index in [0.717, 1.165) is 27.5 Å². The van der Waals surface area contributed by atoms with E-state index in [2.05, 4.69) is 5.32 Å². The first-order chi connectivity index (χ1) is 12.2. The van der Waals surface area contributed by atoms with Crippen molar-refractivity contribution in [2.24, 2.45) is 0 Å². The number of nitrogens with one attached hydrogen (secondary N) is 1. The molecule has 2 rings (SSSR count). The van der Waals surface area contributed by atoms with Crippen molar-refractivity contribution in [1.82, 2.24) is 4.31 Å². The van der Waals surface area contributed by atoms with E-state index in [0.29, 0.717) is 0 Å². The van der Waals surface area contributed by atoms with E-state index < -0.39 is 10.0 Å². The lowest BCUT2D eigenvalue weighted by Crippen LogP contribution is -2.23. The van der Waals surface area contributed by atoms with Crippen LogP contribution in [-0.4, -0.2) is 39.8 Å². The molecule has 7 heteroatoms. The number of hydrogen-bond donors (Lipinski definition) is 1. The maximum absolute atomic E-state index is 12.7. The Kier molecular flexibility index (Phi) is 6.05. The minimum absolute atomic E-state index is 0.0434. The lowest BCUT2D eigenvalue weighted by molar-refractivity contribution is 0.102. The van der Waals surface area contributed by atoms with Gasteiger partial charge in [-0.3, -0.25) is 4.79 Å². The zero-order chi connectivity index (χ0) is 19.5. The van der Waals surface area contributed by atoms with E-state index in [1.54, 1.807) is 6.07 Å². The molecule has 0 unspecified atom stereocenters. The number of hydrogen-bond acceptors (Lipinski definition) is 4. The largest absolute Gasteiger partial charge is 0.495 e. The predicted octanol–water partition coefficient (Wildman–Crippen LogP) is 3.07. The van der Waals surface area contributed by atoms with Crippen molar-refractivity contribution in [3.8, 4) is 5.75 Å². The van der Waals surface area contributed by atoms with Crippen LogP contribution >= 0.6 is 0 Å². The number of rotatable bonds is 6. The monoisotopic (exact) mass is 376 g/mol. The fourth-order valence-corrected chi connectivity index (χ4v) is 3.68. The highest BCUT2D eigenvalue weighted by Crippen LogP contribution is 2.28. The number of carbonyl (C=O) groups is 1. The molecule has 6 nitrogen and oxygen atoms in total. The number of carbonyl (C=O) groups excluding carboxylic acids is 1. The van der Waals surface area contributed by atoms with E-state index in [4.69, 9.17) is 4.74 Å². The molecule has 1 N–H and O–H groups in total. The van der Waals surface area contributed by atoms with Gasteiger partial charge in [0, 0.05) is 25.3 Å². The second kappa shape index (κ2) is 7.88. The number of ether oxygens (including phenoxy) is 1. The van der Waals surface area contributed by atoms with Crippen molar-refractivity contribution in [2.45, 2.75) is 25.2 Å². The number of anilines is 1. The number of benzene rings is 2. The van der Waals surface area contributed by atoms with Crippen molar-refractivity contribution in [3.63, 3.8) is 0 Å². The van der Waals surface area contributed by atoms with Crippen LogP contribution in [0.5, 0.6) is 5.75 Å². The Labute approximate surface area is 154 Å². The van der Waals surface area contributed by atoms with Crippen molar-refractivity contribution < 1.29 is 17.9 Å². The van der Waals surface area contributed by atoms with Crippen LogP contribution in [0.4, 0.5) is 5.69 Å². The third-order valence-electron chi connectivity index (χ3n) is 4.16. The molecule has 26 heavy (non-hydrogen) atoms. The van der Waals surface area contributed by atoms with Gasteiger partial charge in [-0.25, -0.2) is 12.7 Å². The molecule has 0 spiro atoms. The molecule has 0 aliphatic carbocycles. The second-order valence-electron chi connectivity index (χ2n) is 6.07. The first kappa shape index (κ1) is 19.9. The van der Waals surface area contributed by atoms with Crippen LogP contribution in [0.2, 0.25) is 0 Å².